The number of carbonyl (C=O) groups is 1. The standard InChI is InChI=1S/C23H25NO4S/c1-3-14-28-22-16(8-7-10-19(22)27-4-2)15-17(12-13-21(25)26)23-24-18-9-5-6-11-20(18)29-23/h5-11,15H,3-4,12-14H2,1-2H3,(H,25,26)/b17-15+. The number of benzene rings is 2. The summed E-state index contributed by atoms with van der Waals surface area (Å²) in [7, 11) is 0. The largest absolute Gasteiger partial charge is 0.490 e. The van der Waals surface area contributed by atoms with Crippen LogP contribution >= 0.6 is 11.3 Å². The fourth-order valence-electron chi connectivity index (χ4n) is 2.95. The number of aromatic nitrogens is 1. The Bertz CT molecular complexity index is 976. The van der Waals surface area contributed by atoms with Gasteiger partial charge < -0.3 is 14.6 Å². The Balaban J connectivity index is 2.07. The minimum atomic E-state index is -0.831. The molecule has 2 aromatic carbocycles. The minimum Gasteiger partial charge on any atom is -0.490 e. The van der Waals surface area contributed by atoms with Gasteiger partial charge in [-0.2, -0.15) is 0 Å². The molecule has 0 atom stereocenters. The summed E-state index contributed by atoms with van der Waals surface area (Å²) in [6, 6.07) is 13.7. The molecule has 0 radical (unpaired) electrons. The van der Waals surface area contributed by atoms with Crippen molar-refractivity contribution in [2.75, 3.05) is 13.2 Å². The maximum atomic E-state index is 11.2. The van der Waals surface area contributed by atoms with Crippen LogP contribution in [-0.4, -0.2) is 29.3 Å². The fraction of sp³-hybridized carbons (Fsp3) is 0.304. The highest BCUT2D eigenvalue weighted by Gasteiger charge is 2.15. The summed E-state index contributed by atoms with van der Waals surface area (Å²) in [5, 5.41) is 10.0. The van der Waals surface area contributed by atoms with E-state index in [1.165, 1.54) is 0 Å². The van der Waals surface area contributed by atoms with Crippen molar-refractivity contribution in [1.29, 1.82) is 0 Å². The van der Waals surface area contributed by atoms with E-state index >= 15 is 0 Å². The predicted molar refractivity (Wildman–Crippen MR) is 118 cm³/mol. The number of para-hydroxylation sites is 2. The first-order valence-electron chi connectivity index (χ1n) is 9.79. The Hall–Kier alpha value is -2.86. The second-order valence-electron chi connectivity index (χ2n) is 6.51. The molecule has 0 unspecified atom stereocenters. The van der Waals surface area contributed by atoms with Crippen LogP contribution in [0.4, 0.5) is 0 Å². The van der Waals surface area contributed by atoms with Crippen molar-refractivity contribution in [3.63, 3.8) is 0 Å². The Labute approximate surface area is 174 Å². The first-order valence-corrected chi connectivity index (χ1v) is 10.6. The van der Waals surface area contributed by atoms with Gasteiger partial charge in [-0.1, -0.05) is 31.2 Å². The van der Waals surface area contributed by atoms with Crippen molar-refractivity contribution in [2.45, 2.75) is 33.1 Å². The lowest BCUT2D eigenvalue weighted by Crippen LogP contribution is -2.02. The topological polar surface area (TPSA) is 68.7 Å². The summed E-state index contributed by atoms with van der Waals surface area (Å²) in [6.07, 6.45) is 3.29. The summed E-state index contributed by atoms with van der Waals surface area (Å²) in [5.41, 5.74) is 2.66. The lowest BCUT2D eigenvalue weighted by molar-refractivity contribution is -0.136. The molecule has 0 saturated heterocycles. The van der Waals surface area contributed by atoms with Gasteiger partial charge in [0, 0.05) is 12.0 Å². The van der Waals surface area contributed by atoms with E-state index in [9.17, 15) is 9.90 Å². The summed E-state index contributed by atoms with van der Waals surface area (Å²) in [5.74, 6) is 0.546. The van der Waals surface area contributed by atoms with Crippen molar-refractivity contribution in [3.8, 4) is 11.5 Å². The number of hydrogen-bond acceptors (Lipinski definition) is 5. The number of fused-ring (bicyclic) bond motifs is 1. The molecule has 152 valence electrons. The van der Waals surface area contributed by atoms with Crippen molar-refractivity contribution >= 4 is 39.2 Å². The molecule has 1 N–H and O–H groups in total. The van der Waals surface area contributed by atoms with E-state index in [-0.39, 0.29) is 6.42 Å². The number of ether oxygens (including phenoxy) is 2. The zero-order chi connectivity index (χ0) is 20.6. The molecule has 0 amide bonds. The van der Waals surface area contributed by atoms with Gasteiger partial charge >= 0.3 is 5.97 Å². The van der Waals surface area contributed by atoms with Crippen LogP contribution in [0.1, 0.15) is 43.7 Å². The van der Waals surface area contributed by atoms with Gasteiger partial charge in [-0.15, -0.1) is 11.3 Å². The highest BCUT2D eigenvalue weighted by molar-refractivity contribution is 7.19. The molecule has 0 saturated carbocycles. The zero-order valence-corrected chi connectivity index (χ0v) is 17.5. The van der Waals surface area contributed by atoms with E-state index in [4.69, 9.17) is 14.5 Å². The molecule has 29 heavy (non-hydrogen) atoms. The molecule has 1 heterocycles. The monoisotopic (exact) mass is 411 g/mol. The van der Waals surface area contributed by atoms with Gasteiger partial charge in [-0.05, 0) is 49.6 Å². The lowest BCUT2D eigenvalue weighted by Gasteiger charge is -2.15. The van der Waals surface area contributed by atoms with E-state index in [0.717, 1.165) is 32.8 Å². The molecule has 3 rings (SSSR count). The number of carboxylic acids is 1. The fourth-order valence-corrected chi connectivity index (χ4v) is 3.96. The van der Waals surface area contributed by atoms with Crippen molar-refractivity contribution < 1.29 is 19.4 Å². The van der Waals surface area contributed by atoms with Gasteiger partial charge in [0.05, 0.1) is 23.4 Å². The number of nitrogens with zero attached hydrogens (tertiary/aromatic N) is 1. The smallest absolute Gasteiger partial charge is 0.303 e. The highest BCUT2D eigenvalue weighted by Crippen LogP contribution is 2.36. The molecular weight excluding hydrogens is 386 g/mol. The van der Waals surface area contributed by atoms with E-state index in [0.29, 0.717) is 31.1 Å². The molecule has 0 bridgehead atoms. The van der Waals surface area contributed by atoms with Crippen LogP contribution in [0.25, 0.3) is 21.9 Å². The number of rotatable bonds is 10. The molecule has 0 aliphatic rings. The van der Waals surface area contributed by atoms with Gasteiger partial charge in [-0.25, -0.2) is 4.98 Å². The number of carboxylic acid groups (broad SMARTS) is 1. The summed E-state index contributed by atoms with van der Waals surface area (Å²) >= 11 is 1.57. The molecule has 0 spiro atoms. The van der Waals surface area contributed by atoms with Crippen molar-refractivity contribution in [1.82, 2.24) is 4.98 Å². The van der Waals surface area contributed by atoms with Gasteiger partial charge in [0.1, 0.15) is 5.01 Å². The van der Waals surface area contributed by atoms with Gasteiger partial charge in [0.15, 0.2) is 11.5 Å². The average molecular weight is 412 g/mol. The number of aliphatic carboxylic acids is 1. The third-order valence-corrected chi connectivity index (χ3v) is 5.38. The van der Waals surface area contributed by atoms with Crippen LogP contribution in [0.5, 0.6) is 11.5 Å². The molecular formula is C23H25NO4S. The third kappa shape index (κ3) is 5.35. The molecule has 1 aromatic heterocycles. The first kappa shape index (κ1) is 20.9. The van der Waals surface area contributed by atoms with E-state index in [1.807, 2.05) is 55.5 Å². The highest BCUT2D eigenvalue weighted by atomic mass is 32.1. The number of allylic oxidation sites excluding steroid dienone is 1. The Morgan fingerprint density at radius 1 is 1.10 bits per heavy atom. The minimum absolute atomic E-state index is 0.0397. The average Bonchev–Trinajstić information content (AvgIpc) is 3.14. The van der Waals surface area contributed by atoms with Crippen LogP contribution < -0.4 is 9.47 Å². The second-order valence-corrected chi connectivity index (χ2v) is 7.54. The van der Waals surface area contributed by atoms with Crippen LogP contribution in [0.2, 0.25) is 0 Å². The van der Waals surface area contributed by atoms with Crippen molar-refractivity contribution in [3.05, 3.63) is 53.0 Å². The zero-order valence-electron chi connectivity index (χ0n) is 16.7. The van der Waals surface area contributed by atoms with E-state index in [1.54, 1.807) is 11.3 Å². The summed E-state index contributed by atoms with van der Waals surface area (Å²) < 4.78 is 12.8. The van der Waals surface area contributed by atoms with Gasteiger partial charge in [-0.3, -0.25) is 4.79 Å². The SMILES string of the molecule is CCCOc1c(/C=C(\CCC(=O)O)c2nc3ccccc3s2)cccc1OCC. The first-order chi connectivity index (χ1) is 14.1. The molecule has 3 aromatic rings. The lowest BCUT2D eigenvalue weighted by atomic mass is 10.1. The van der Waals surface area contributed by atoms with Crippen molar-refractivity contribution in [2.24, 2.45) is 0 Å². The molecule has 6 heteroatoms. The van der Waals surface area contributed by atoms with Crippen LogP contribution in [0.15, 0.2) is 42.5 Å². The summed E-state index contributed by atoms with van der Waals surface area (Å²) in [4.78, 5) is 15.9. The third-order valence-electron chi connectivity index (χ3n) is 4.27. The maximum Gasteiger partial charge on any atom is 0.303 e. The Kier molecular flexibility index (Phi) is 7.25. The van der Waals surface area contributed by atoms with Gasteiger partial charge in [0.2, 0.25) is 0 Å². The van der Waals surface area contributed by atoms with E-state index < -0.39 is 5.97 Å². The van der Waals surface area contributed by atoms with Crippen LogP contribution in [0, 0.1) is 0 Å². The molecule has 0 fully saturated rings. The van der Waals surface area contributed by atoms with E-state index in [2.05, 4.69) is 6.92 Å². The Morgan fingerprint density at radius 3 is 2.66 bits per heavy atom. The van der Waals surface area contributed by atoms with Crippen LogP contribution in [-0.2, 0) is 4.79 Å². The predicted octanol–water partition coefficient (Wildman–Crippen LogP) is 5.89. The number of thiazole rings is 1. The number of hydrogen-bond donors (Lipinski definition) is 1. The quantitative estimate of drug-likeness (QED) is 0.450. The molecule has 5 nitrogen and oxygen atoms in total. The maximum absolute atomic E-state index is 11.2. The second kappa shape index (κ2) is 10.1. The summed E-state index contributed by atoms with van der Waals surface area (Å²) in [6.45, 7) is 5.11. The normalized spacial score (nSPS) is 11.6. The van der Waals surface area contributed by atoms with Crippen LogP contribution in [0.3, 0.4) is 0 Å². The molecule has 0 aliphatic heterocycles. The molecule has 0 aliphatic carbocycles. The van der Waals surface area contributed by atoms with Gasteiger partial charge in [0.25, 0.3) is 0 Å². The Morgan fingerprint density at radius 2 is 1.93 bits per heavy atom.